The molecule has 0 heterocycles. The number of esters is 1. The number of halogens is 4. The summed E-state index contributed by atoms with van der Waals surface area (Å²) in [6.07, 6.45) is -2.61. The number of anilines is 1. The summed E-state index contributed by atoms with van der Waals surface area (Å²) in [7, 11) is 0. The van der Waals surface area contributed by atoms with Crippen LogP contribution in [-0.4, -0.2) is 36.1 Å². The summed E-state index contributed by atoms with van der Waals surface area (Å²) < 4.78 is 43.2. The van der Waals surface area contributed by atoms with Gasteiger partial charge in [0.25, 0.3) is 5.69 Å². The summed E-state index contributed by atoms with van der Waals surface area (Å²) in [5.74, 6) is -3.16. The maximum atomic E-state index is 12.9. The van der Waals surface area contributed by atoms with E-state index in [1.807, 2.05) is 0 Å². The van der Waals surface area contributed by atoms with Crippen molar-refractivity contribution >= 4 is 39.2 Å². The van der Waals surface area contributed by atoms with Gasteiger partial charge in [-0.1, -0.05) is 12.2 Å². The van der Waals surface area contributed by atoms with Crippen LogP contribution in [0.25, 0.3) is 0 Å². The number of alkyl halides is 3. The number of hydrogen-bond donors (Lipinski definition) is 0. The Morgan fingerprint density at radius 2 is 2.00 bits per heavy atom. The van der Waals surface area contributed by atoms with Crippen molar-refractivity contribution in [3.05, 3.63) is 44.4 Å². The molecule has 1 amide bonds. The van der Waals surface area contributed by atoms with Crippen LogP contribution in [0, 0.1) is 10.1 Å². The first-order chi connectivity index (χ1) is 12.0. The van der Waals surface area contributed by atoms with Gasteiger partial charge in [-0.15, -0.1) is 0 Å². The van der Waals surface area contributed by atoms with Gasteiger partial charge in [0, 0.05) is 17.1 Å². The van der Waals surface area contributed by atoms with Gasteiger partial charge in [0.05, 0.1) is 17.1 Å². The van der Waals surface area contributed by atoms with E-state index in [-0.39, 0.29) is 21.5 Å². The number of nitrogens with zero attached hydrogens (tertiary/aromatic N) is 2. The Morgan fingerprint density at radius 1 is 1.38 bits per heavy atom. The average molecular weight is 439 g/mol. The summed E-state index contributed by atoms with van der Waals surface area (Å²) >= 11 is 2.92. The third-order valence-corrected chi connectivity index (χ3v) is 3.64. The Bertz CT molecular complexity index is 750. The maximum Gasteiger partial charge on any atom is 0.471 e. The summed E-state index contributed by atoms with van der Waals surface area (Å²) in [6.45, 7) is 2.50. The lowest BCUT2D eigenvalue weighted by Gasteiger charge is -2.23. The molecule has 0 unspecified atom stereocenters. The molecular weight excluding hydrogens is 425 g/mol. The van der Waals surface area contributed by atoms with E-state index in [9.17, 15) is 32.9 Å². The number of nitro benzene ring substituents is 1. The number of carbonyl (C=O) groups excluding carboxylic acids is 2. The van der Waals surface area contributed by atoms with Gasteiger partial charge in [-0.2, -0.15) is 13.2 Å². The zero-order valence-electron chi connectivity index (χ0n) is 13.7. The van der Waals surface area contributed by atoms with Crippen LogP contribution in [0.2, 0.25) is 0 Å². The molecule has 0 atom stereocenters. The van der Waals surface area contributed by atoms with E-state index in [2.05, 4.69) is 15.9 Å². The number of allylic oxidation sites excluding steroid dienone is 1. The van der Waals surface area contributed by atoms with Crippen molar-refractivity contribution in [3.8, 4) is 0 Å². The van der Waals surface area contributed by atoms with E-state index >= 15 is 0 Å². The fourth-order valence-electron chi connectivity index (χ4n) is 1.96. The molecule has 1 aromatic carbocycles. The number of carbonyl (C=O) groups is 2. The summed E-state index contributed by atoms with van der Waals surface area (Å²) in [5, 5.41) is 11.4. The van der Waals surface area contributed by atoms with Crippen molar-refractivity contribution in [3.63, 3.8) is 0 Å². The molecule has 11 heteroatoms. The monoisotopic (exact) mass is 438 g/mol. The Hall–Kier alpha value is -2.43. The normalized spacial score (nSPS) is 11.5. The van der Waals surface area contributed by atoms with Crippen molar-refractivity contribution in [1.82, 2.24) is 0 Å². The van der Waals surface area contributed by atoms with Crippen molar-refractivity contribution < 1.29 is 32.4 Å². The highest BCUT2D eigenvalue weighted by atomic mass is 79.9. The van der Waals surface area contributed by atoms with Crippen molar-refractivity contribution in [2.75, 3.05) is 18.1 Å². The van der Waals surface area contributed by atoms with Gasteiger partial charge in [-0.3, -0.25) is 19.8 Å². The van der Waals surface area contributed by atoms with Crippen molar-refractivity contribution in [2.45, 2.75) is 20.0 Å². The molecule has 0 radical (unpaired) electrons. The second kappa shape index (κ2) is 8.79. The van der Waals surface area contributed by atoms with Crippen LogP contribution < -0.4 is 4.90 Å². The van der Waals surface area contributed by atoms with Gasteiger partial charge in [0.2, 0.25) is 0 Å². The lowest BCUT2D eigenvalue weighted by Crippen LogP contribution is -2.42. The molecule has 0 fully saturated rings. The molecule has 0 aromatic heterocycles. The summed E-state index contributed by atoms with van der Waals surface area (Å²) in [6, 6.07) is 1.83. The Balaban J connectivity index is 3.62. The third-order valence-electron chi connectivity index (χ3n) is 3.03. The first kappa shape index (κ1) is 21.6. The molecule has 0 saturated carbocycles. The minimum Gasteiger partial charge on any atom is -0.462 e. The molecule has 0 saturated heterocycles. The number of nitro groups is 1. The van der Waals surface area contributed by atoms with Gasteiger partial charge in [0.1, 0.15) is 5.69 Å². The molecule has 1 rings (SSSR count). The summed E-state index contributed by atoms with van der Waals surface area (Å²) in [5.41, 5.74) is -1.69. The molecule has 1 aromatic rings. The number of amides is 1. The van der Waals surface area contributed by atoms with Crippen LogP contribution in [0.4, 0.5) is 24.5 Å². The number of rotatable bonds is 6. The first-order valence-electron chi connectivity index (χ1n) is 7.19. The Labute approximate surface area is 154 Å². The minimum atomic E-state index is -5.24. The molecule has 7 nitrogen and oxygen atoms in total. The van der Waals surface area contributed by atoms with Crippen LogP contribution in [0.15, 0.2) is 28.8 Å². The lowest BCUT2D eigenvalue weighted by atomic mass is 10.1. The van der Waals surface area contributed by atoms with E-state index in [1.165, 1.54) is 26.0 Å². The van der Waals surface area contributed by atoms with Crippen LogP contribution >= 0.6 is 15.9 Å². The van der Waals surface area contributed by atoms with Gasteiger partial charge < -0.3 is 4.74 Å². The van der Waals surface area contributed by atoms with E-state index < -0.39 is 40.9 Å². The smallest absolute Gasteiger partial charge is 0.462 e. The first-order valence-corrected chi connectivity index (χ1v) is 7.98. The van der Waals surface area contributed by atoms with Gasteiger partial charge in [-0.25, -0.2) is 4.79 Å². The zero-order valence-corrected chi connectivity index (χ0v) is 15.3. The second-order valence-electron chi connectivity index (χ2n) is 4.79. The van der Waals surface area contributed by atoms with Crippen LogP contribution in [0.3, 0.4) is 0 Å². The number of ether oxygens (including phenoxy) is 1. The van der Waals surface area contributed by atoms with Gasteiger partial charge in [-0.05, 0) is 35.8 Å². The molecule has 0 aliphatic heterocycles. The highest BCUT2D eigenvalue weighted by molar-refractivity contribution is 9.10. The summed E-state index contributed by atoms with van der Waals surface area (Å²) in [4.78, 5) is 34.1. The quantitative estimate of drug-likeness (QED) is 0.289. The van der Waals surface area contributed by atoms with E-state index in [0.29, 0.717) is 0 Å². The number of benzene rings is 1. The number of hydrogen-bond acceptors (Lipinski definition) is 5. The largest absolute Gasteiger partial charge is 0.471 e. The predicted molar refractivity (Wildman–Crippen MR) is 90.0 cm³/mol. The molecule has 0 N–H and O–H groups in total. The molecular formula is C15H14BrF3N2O5. The second-order valence-corrected chi connectivity index (χ2v) is 5.64. The lowest BCUT2D eigenvalue weighted by molar-refractivity contribution is -0.384. The maximum absolute atomic E-state index is 12.9. The Morgan fingerprint density at radius 3 is 2.46 bits per heavy atom. The molecule has 0 aliphatic rings. The standard InChI is InChI=1S/C15H14BrF3N2O5/c1-3-5-6-20(14(23)15(17,18)19)12-10(16)7-9(13(22)26-4-2)8-11(12)21(24)25/h3,5,7-8H,4,6H2,1-2H3. The molecule has 26 heavy (non-hydrogen) atoms. The van der Waals surface area contributed by atoms with Crippen LogP contribution in [0.1, 0.15) is 24.2 Å². The fourth-order valence-corrected chi connectivity index (χ4v) is 2.63. The van der Waals surface area contributed by atoms with E-state index in [4.69, 9.17) is 4.74 Å². The van der Waals surface area contributed by atoms with Crippen molar-refractivity contribution in [2.24, 2.45) is 0 Å². The highest BCUT2D eigenvalue weighted by Crippen LogP contribution is 2.39. The van der Waals surface area contributed by atoms with Gasteiger partial charge >= 0.3 is 18.1 Å². The molecule has 0 aliphatic carbocycles. The van der Waals surface area contributed by atoms with Gasteiger partial charge in [0.15, 0.2) is 0 Å². The third kappa shape index (κ3) is 5.04. The van der Waals surface area contributed by atoms with Crippen LogP contribution in [-0.2, 0) is 9.53 Å². The Kier molecular flexibility index (Phi) is 7.30. The minimum absolute atomic E-state index is 0.00593. The average Bonchev–Trinajstić information content (AvgIpc) is 2.54. The van der Waals surface area contributed by atoms with Crippen molar-refractivity contribution in [1.29, 1.82) is 0 Å². The predicted octanol–water partition coefficient (Wildman–Crippen LogP) is 4.01. The molecule has 0 bridgehead atoms. The SMILES string of the molecule is CC=CCN(C(=O)C(F)(F)F)c1c(Br)cc(C(=O)OCC)cc1[N+](=O)[O-]. The zero-order chi connectivity index (χ0) is 20.1. The van der Waals surface area contributed by atoms with Crippen LogP contribution in [0.5, 0.6) is 0 Å². The fraction of sp³-hybridized carbons (Fsp3) is 0.333. The molecule has 0 spiro atoms. The van der Waals surface area contributed by atoms with E-state index in [1.54, 1.807) is 0 Å². The van der Waals surface area contributed by atoms with E-state index in [0.717, 1.165) is 12.1 Å². The topological polar surface area (TPSA) is 89.8 Å². The highest BCUT2D eigenvalue weighted by Gasteiger charge is 2.45. The molecule has 142 valence electrons.